The molecule has 1 aliphatic carbocycles. The fourth-order valence-corrected chi connectivity index (χ4v) is 5.90. The Morgan fingerprint density at radius 2 is 2.00 bits per heavy atom. The van der Waals surface area contributed by atoms with Crippen molar-refractivity contribution in [1.82, 2.24) is 9.21 Å². The molecule has 3 rings (SSSR count). The van der Waals surface area contributed by atoms with Crippen molar-refractivity contribution in [3.05, 3.63) is 23.8 Å². The van der Waals surface area contributed by atoms with Crippen LogP contribution in [0.2, 0.25) is 0 Å². The van der Waals surface area contributed by atoms with E-state index < -0.39 is 22.2 Å². The molecule has 3 atom stereocenters. The van der Waals surface area contributed by atoms with E-state index in [1.165, 1.54) is 10.4 Å². The number of carbonyl (C=O) groups is 1. The number of ether oxygens (including phenoxy) is 1. The molecule has 1 saturated carbocycles. The van der Waals surface area contributed by atoms with Gasteiger partial charge in [0.1, 0.15) is 16.7 Å². The molecule has 0 unspecified atom stereocenters. The van der Waals surface area contributed by atoms with Gasteiger partial charge in [0.2, 0.25) is 15.9 Å². The van der Waals surface area contributed by atoms with E-state index in [1.807, 2.05) is 20.8 Å². The van der Waals surface area contributed by atoms with Gasteiger partial charge in [-0.2, -0.15) is 4.31 Å². The number of aliphatic hydroxyl groups is 1. The van der Waals surface area contributed by atoms with Crippen LogP contribution in [0.4, 0.5) is 0 Å². The summed E-state index contributed by atoms with van der Waals surface area (Å²) in [5, 5.41) is 9.75. The van der Waals surface area contributed by atoms with Gasteiger partial charge in [0.15, 0.2) is 0 Å². The molecule has 1 aromatic carbocycles. The first-order valence-electron chi connectivity index (χ1n) is 11.7. The van der Waals surface area contributed by atoms with E-state index in [2.05, 4.69) is 11.8 Å². The van der Waals surface area contributed by atoms with Crippen LogP contribution in [-0.4, -0.2) is 67.5 Å². The van der Waals surface area contributed by atoms with E-state index in [4.69, 9.17) is 4.74 Å². The summed E-state index contributed by atoms with van der Waals surface area (Å²) >= 11 is 0. The van der Waals surface area contributed by atoms with Crippen molar-refractivity contribution < 1.29 is 23.1 Å². The smallest absolute Gasteiger partial charge is 0.247 e. The molecule has 0 spiro atoms. The van der Waals surface area contributed by atoms with Crippen molar-refractivity contribution in [3.8, 4) is 17.6 Å². The molecule has 0 radical (unpaired) electrons. The zero-order valence-corrected chi connectivity index (χ0v) is 21.1. The molecular weight excluding hydrogens is 440 g/mol. The highest BCUT2D eigenvalue weighted by Gasteiger charge is 2.39. The van der Waals surface area contributed by atoms with Crippen LogP contribution >= 0.6 is 0 Å². The Balaban J connectivity index is 2.01. The van der Waals surface area contributed by atoms with Gasteiger partial charge in [-0.25, -0.2) is 8.42 Å². The van der Waals surface area contributed by atoms with Crippen molar-refractivity contribution in [1.29, 1.82) is 0 Å². The molecule has 1 amide bonds. The van der Waals surface area contributed by atoms with Crippen LogP contribution in [-0.2, 0) is 14.8 Å². The van der Waals surface area contributed by atoms with Gasteiger partial charge >= 0.3 is 0 Å². The number of hydrogen-bond donors (Lipinski definition) is 1. The molecule has 1 aliphatic heterocycles. The Kier molecular flexibility index (Phi) is 8.09. The lowest BCUT2D eigenvalue weighted by Gasteiger charge is -2.38. The Morgan fingerprint density at radius 1 is 1.30 bits per heavy atom. The topological polar surface area (TPSA) is 87.2 Å². The summed E-state index contributed by atoms with van der Waals surface area (Å²) in [5.74, 6) is 6.57. The van der Waals surface area contributed by atoms with Crippen molar-refractivity contribution in [2.75, 3.05) is 26.7 Å². The second kappa shape index (κ2) is 10.5. The molecule has 0 saturated heterocycles. The number of rotatable bonds is 5. The normalized spacial score (nSPS) is 23.7. The first kappa shape index (κ1) is 25.5. The van der Waals surface area contributed by atoms with Crippen molar-refractivity contribution in [2.24, 2.45) is 17.8 Å². The van der Waals surface area contributed by atoms with Gasteiger partial charge in [0, 0.05) is 43.0 Å². The zero-order chi connectivity index (χ0) is 24.3. The van der Waals surface area contributed by atoms with Crippen LogP contribution in [0.25, 0.3) is 0 Å². The number of hydrogen-bond acceptors (Lipinski definition) is 5. The molecular formula is C25H36N2O5S. The highest BCUT2D eigenvalue weighted by atomic mass is 32.2. The molecule has 2 aliphatic rings. The predicted molar refractivity (Wildman–Crippen MR) is 127 cm³/mol. The third-order valence-corrected chi connectivity index (χ3v) is 8.48. The number of likely N-dealkylation sites (N-methyl/N-ethyl adjacent to an activating group) is 1. The minimum Gasteiger partial charge on any atom is -0.487 e. The van der Waals surface area contributed by atoms with Gasteiger partial charge in [0.05, 0.1) is 13.2 Å². The monoisotopic (exact) mass is 476 g/mol. The molecule has 1 N–H and O–H groups in total. The summed E-state index contributed by atoms with van der Waals surface area (Å²) in [6.07, 6.45) is 2.52. The van der Waals surface area contributed by atoms with Gasteiger partial charge in [0.25, 0.3) is 0 Å². The first-order chi connectivity index (χ1) is 15.5. The second-order valence-electron chi connectivity index (χ2n) is 9.67. The van der Waals surface area contributed by atoms with Crippen LogP contribution in [0.1, 0.15) is 52.5 Å². The van der Waals surface area contributed by atoms with Crippen molar-refractivity contribution in [2.45, 2.75) is 64.0 Å². The van der Waals surface area contributed by atoms with Gasteiger partial charge in [-0.05, 0) is 38.0 Å². The SMILES string of the molecule is CC(C)C#Cc1ccc2c(c1)O[C@@H](CN(C)C(=O)C1CCC1)[C@@H](C)CN([C@@H](C)CO)S2(=O)=O. The van der Waals surface area contributed by atoms with E-state index in [1.54, 1.807) is 31.0 Å². The molecule has 8 heteroatoms. The highest BCUT2D eigenvalue weighted by molar-refractivity contribution is 7.89. The quantitative estimate of drug-likeness (QED) is 0.661. The minimum absolute atomic E-state index is 0.0581. The Labute approximate surface area is 198 Å². The summed E-state index contributed by atoms with van der Waals surface area (Å²) in [6.45, 7) is 7.85. The van der Waals surface area contributed by atoms with Crippen LogP contribution < -0.4 is 4.74 Å². The molecule has 1 fully saturated rings. The first-order valence-corrected chi connectivity index (χ1v) is 13.2. The fourth-order valence-electron chi connectivity index (χ4n) is 4.08. The predicted octanol–water partition coefficient (Wildman–Crippen LogP) is 2.72. The summed E-state index contributed by atoms with van der Waals surface area (Å²) in [5.41, 5.74) is 0.672. The maximum absolute atomic E-state index is 13.5. The van der Waals surface area contributed by atoms with Crippen LogP contribution in [0.5, 0.6) is 5.75 Å². The molecule has 182 valence electrons. The van der Waals surface area contributed by atoms with Crippen molar-refractivity contribution in [3.63, 3.8) is 0 Å². The lowest BCUT2D eigenvalue weighted by atomic mass is 9.84. The third-order valence-electron chi connectivity index (χ3n) is 6.46. The number of nitrogens with zero attached hydrogens (tertiary/aromatic N) is 2. The number of fused-ring (bicyclic) bond motifs is 1. The molecule has 1 heterocycles. The van der Waals surface area contributed by atoms with Gasteiger partial charge in [-0.15, -0.1) is 0 Å². The molecule has 1 aromatic rings. The average Bonchev–Trinajstić information content (AvgIpc) is 2.72. The van der Waals surface area contributed by atoms with Gasteiger partial charge in [-0.3, -0.25) is 4.79 Å². The minimum atomic E-state index is -3.89. The number of sulfonamides is 1. The molecule has 7 nitrogen and oxygen atoms in total. The highest BCUT2D eigenvalue weighted by Crippen LogP contribution is 2.34. The second-order valence-corrected chi connectivity index (χ2v) is 11.5. The van der Waals surface area contributed by atoms with Crippen LogP contribution in [0, 0.1) is 29.6 Å². The van der Waals surface area contributed by atoms with E-state index in [-0.39, 0.29) is 47.5 Å². The maximum Gasteiger partial charge on any atom is 0.247 e. The van der Waals surface area contributed by atoms with Gasteiger partial charge < -0.3 is 14.7 Å². The lowest BCUT2D eigenvalue weighted by molar-refractivity contribution is -0.138. The average molecular weight is 477 g/mol. The largest absolute Gasteiger partial charge is 0.487 e. The number of amides is 1. The molecule has 0 bridgehead atoms. The fraction of sp³-hybridized carbons (Fsp3) is 0.640. The maximum atomic E-state index is 13.5. The third kappa shape index (κ3) is 5.71. The van der Waals surface area contributed by atoms with E-state index in [0.717, 1.165) is 19.3 Å². The Hall–Kier alpha value is -2.08. The van der Waals surface area contributed by atoms with Crippen molar-refractivity contribution >= 4 is 15.9 Å². The summed E-state index contributed by atoms with van der Waals surface area (Å²) in [4.78, 5) is 14.5. The van der Waals surface area contributed by atoms with E-state index in [0.29, 0.717) is 12.1 Å². The summed E-state index contributed by atoms with van der Waals surface area (Å²) < 4.78 is 34.7. The lowest BCUT2D eigenvalue weighted by Crippen LogP contribution is -2.50. The van der Waals surface area contributed by atoms with Gasteiger partial charge in [-0.1, -0.05) is 39.0 Å². The zero-order valence-electron chi connectivity index (χ0n) is 20.2. The van der Waals surface area contributed by atoms with Crippen LogP contribution in [0.15, 0.2) is 23.1 Å². The molecule has 0 aromatic heterocycles. The summed E-state index contributed by atoms with van der Waals surface area (Å²) in [7, 11) is -2.11. The number of carbonyl (C=O) groups excluding carboxylic acids is 1. The Bertz CT molecular complexity index is 1020. The van der Waals surface area contributed by atoms with Crippen LogP contribution in [0.3, 0.4) is 0 Å². The van der Waals surface area contributed by atoms with E-state index in [9.17, 15) is 18.3 Å². The Morgan fingerprint density at radius 3 is 2.58 bits per heavy atom. The number of aliphatic hydroxyl groups excluding tert-OH is 1. The molecule has 33 heavy (non-hydrogen) atoms. The number of benzene rings is 1. The summed E-state index contributed by atoms with van der Waals surface area (Å²) in [6, 6.07) is 4.30. The van der Waals surface area contributed by atoms with E-state index >= 15 is 0 Å². The standard InChI is InChI=1S/C25H36N2O5S/c1-17(2)9-10-20-11-12-24-22(13-20)32-23(15-26(5)25(29)21-7-6-8-21)18(3)14-27(19(4)16-28)33(24,30)31/h11-13,17-19,21,23,28H,6-8,14-16H2,1-5H3/t18-,19-,23-/m0/s1.